The van der Waals surface area contributed by atoms with E-state index >= 15 is 0 Å². The number of piperidine rings is 2. The molecule has 11 heteroatoms. The molecule has 37 heavy (non-hydrogen) atoms. The van der Waals surface area contributed by atoms with Crippen LogP contribution in [0.5, 0.6) is 0 Å². The lowest BCUT2D eigenvalue weighted by Crippen LogP contribution is -2.49. The molecular formula is C26H32N8O3. The molecule has 11 nitrogen and oxygen atoms in total. The predicted octanol–water partition coefficient (Wildman–Crippen LogP) is 3.29. The molecule has 4 heterocycles. The van der Waals surface area contributed by atoms with Crippen molar-refractivity contribution in [2.24, 2.45) is 0 Å². The van der Waals surface area contributed by atoms with Crippen molar-refractivity contribution in [3.63, 3.8) is 0 Å². The van der Waals surface area contributed by atoms with Crippen LogP contribution in [0.25, 0.3) is 0 Å². The zero-order valence-corrected chi connectivity index (χ0v) is 21.0. The molecule has 1 atom stereocenters. The van der Waals surface area contributed by atoms with Gasteiger partial charge in [0.15, 0.2) is 11.5 Å². The largest absolute Gasteiger partial charge is 0.465 e. The number of carboxylic acid groups (broad SMARTS) is 1. The molecule has 3 amide bonds. The first-order valence-electron chi connectivity index (χ1n) is 12.8. The summed E-state index contributed by atoms with van der Waals surface area (Å²) in [7, 11) is 1.83. The van der Waals surface area contributed by atoms with Crippen LogP contribution in [0.1, 0.15) is 42.9 Å². The highest BCUT2D eigenvalue weighted by molar-refractivity contribution is 5.76. The molecule has 3 aliphatic heterocycles. The van der Waals surface area contributed by atoms with Gasteiger partial charge in [-0.1, -0.05) is 12.1 Å². The number of anilines is 3. The fraction of sp³-hybridized carbons (Fsp3) is 0.500. The molecule has 3 saturated heterocycles. The van der Waals surface area contributed by atoms with Gasteiger partial charge >= 0.3 is 12.1 Å². The number of rotatable bonds is 5. The van der Waals surface area contributed by atoms with Gasteiger partial charge in [0.05, 0.1) is 12.2 Å². The number of benzene rings is 1. The molecule has 2 aromatic rings. The minimum Gasteiger partial charge on any atom is -0.465 e. The number of nitrogens with one attached hydrogen (secondary N) is 1. The number of urea groups is 1. The molecule has 194 valence electrons. The van der Waals surface area contributed by atoms with Crippen molar-refractivity contribution in [2.75, 3.05) is 56.5 Å². The standard InChI is InChI=1S/C26H32N8O3/c1-31-13-14-34(25(31)35)21-3-2-10-33(17-21)23-16-28-22(15-27)24(30-23)29-20-6-4-18(5-7-20)19-8-11-32(12-9-19)26(36)37/h4-7,16,19,21H,2-3,8-14,17H2,1H3,(H,29,30)(H,36,37)/t21-/m1/s1. The fourth-order valence-electron chi connectivity index (χ4n) is 5.50. The second kappa shape index (κ2) is 10.5. The summed E-state index contributed by atoms with van der Waals surface area (Å²) >= 11 is 0. The molecule has 3 aliphatic rings. The van der Waals surface area contributed by atoms with Gasteiger partial charge < -0.3 is 30.0 Å². The number of hydrogen-bond acceptors (Lipinski definition) is 7. The summed E-state index contributed by atoms with van der Waals surface area (Å²) in [6.45, 7) is 4.11. The van der Waals surface area contributed by atoms with Gasteiger partial charge in [-0.25, -0.2) is 19.6 Å². The van der Waals surface area contributed by atoms with Gasteiger partial charge in [0.25, 0.3) is 0 Å². The number of likely N-dealkylation sites (tertiary alicyclic amines) is 1. The topological polar surface area (TPSA) is 129 Å². The average molecular weight is 505 g/mol. The van der Waals surface area contributed by atoms with Gasteiger partial charge in [-0.3, -0.25) is 0 Å². The van der Waals surface area contributed by atoms with Crippen molar-refractivity contribution in [3.05, 3.63) is 41.7 Å². The number of aromatic nitrogens is 2. The van der Waals surface area contributed by atoms with Crippen LogP contribution in [0, 0.1) is 11.3 Å². The van der Waals surface area contributed by atoms with Crippen molar-refractivity contribution in [1.29, 1.82) is 5.26 Å². The van der Waals surface area contributed by atoms with Crippen LogP contribution in [-0.2, 0) is 0 Å². The lowest BCUT2D eigenvalue weighted by Gasteiger charge is -2.37. The van der Waals surface area contributed by atoms with Crippen LogP contribution in [-0.4, -0.2) is 94.3 Å². The smallest absolute Gasteiger partial charge is 0.407 e. The number of nitriles is 1. The summed E-state index contributed by atoms with van der Waals surface area (Å²) in [4.78, 5) is 40.1. The third kappa shape index (κ3) is 5.23. The van der Waals surface area contributed by atoms with E-state index < -0.39 is 6.09 Å². The Morgan fingerprint density at radius 1 is 1.11 bits per heavy atom. The van der Waals surface area contributed by atoms with E-state index in [1.807, 2.05) is 36.2 Å². The van der Waals surface area contributed by atoms with Crippen molar-refractivity contribution in [3.8, 4) is 6.07 Å². The molecule has 0 spiro atoms. The molecule has 1 aromatic heterocycles. The van der Waals surface area contributed by atoms with Crippen molar-refractivity contribution in [2.45, 2.75) is 37.6 Å². The summed E-state index contributed by atoms with van der Waals surface area (Å²) in [5.41, 5.74) is 2.20. The predicted molar refractivity (Wildman–Crippen MR) is 138 cm³/mol. The van der Waals surface area contributed by atoms with Gasteiger partial charge in [0.1, 0.15) is 11.9 Å². The Morgan fingerprint density at radius 2 is 1.86 bits per heavy atom. The SMILES string of the molecule is CN1CCN([C@@H]2CCCN(c3cnc(C#N)c(Nc4ccc(C5CCN(C(=O)O)CC5)cc4)n3)C2)C1=O. The monoisotopic (exact) mass is 504 g/mol. The molecule has 0 radical (unpaired) electrons. The van der Waals surface area contributed by atoms with Crippen LogP contribution in [0.2, 0.25) is 0 Å². The first-order chi connectivity index (χ1) is 17.9. The lowest BCUT2D eigenvalue weighted by atomic mass is 9.89. The van der Waals surface area contributed by atoms with E-state index in [-0.39, 0.29) is 17.8 Å². The van der Waals surface area contributed by atoms with Crippen molar-refractivity contribution < 1.29 is 14.7 Å². The zero-order chi connectivity index (χ0) is 25.9. The Morgan fingerprint density at radius 3 is 2.51 bits per heavy atom. The molecule has 2 N–H and O–H groups in total. The molecule has 3 fully saturated rings. The minimum absolute atomic E-state index is 0.0796. The summed E-state index contributed by atoms with van der Waals surface area (Å²) < 4.78 is 0. The van der Waals surface area contributed by atoms with E-state index in [4.69, 9.17) is 10.1 Å². The molecular weight excluding hydrogens is 472 g/mol. The van der Waals surface area contributed by atoms with Crippen LogP contribution in [0.4, 0.5) is 26.9 Å². The first kappa shape index (κ1) is 24.6. The summed E-state index contributed by atoms with van der Waals surface area (Å²) in [5.74, 6) is 1.42. The summed E-state index contributed by atoms with van der Waals surface area (Å²) in [6.07, 6.45) is 4.31. The van der Waals surface area contributed by atoms with E-state index in [0.29, 0.717) is 37.2 Å². The third-order valence-corrected chi connectivity index (χ3v) is 7.69. The summed E-state index contributed by atoms with van der Waals surface area (Å²) in [6, 6.07) is 10.3. The Bertz CT molecular complexity index is 1190. The van der Waals surface area contributed by atoms with Gasteiger partial charge in [0, 0.05) is 52.0 Å². The van der Waals surface area contributed by atoms with E-state index in [2.05, 4.69) is 21.3 Å². The zero-order valence-electron chi connectivity index (χ0n) is 21.0. The van der Waals surface area contributed by atoms with Crippen LogP contribution in [0.15, 0.2) is 30.5 Å². The summed E-state index contributed by atoms with van der Waals surface area (Å²) in [5, 5.41) is 22.0. The quantitative estimate of drug-likeness (QED) is 0.635. The maximum atomic E-state index is 12.5. The number of carbonyl (C=O) groups is 2. The molecule has 0 saturated carbocycles. The maximum Gasteiger partial charge on any atom is 0.407 e. The number of likely N-dealkylation sites (N-methyl/N-ethyl adjacent to an activating group) is 1. The van der Waals surface area contributed by atoms with Gasteiger partial charge in [-0.15, -0.1) is 0 Å². The fourth-order valence-corrected chi connectivity index (χ4v) is 5.50. The highest BCUT2D eigenvalue weighted by Gasteiger charge is 2.34. The van der Waals surface area contributed by atoms with E-state index in [1.54, 1.807) is 11.1 Å². The first-order valence-corrected chi connectivity index (χ1v) is 12.8. The Kier molecular flexibility index (Phi) is 6.99. The third-order valence-electron chi connectivity index (χ3n) is 7.69. The number of carbonyl (C=O) groups excluding carboxylic acids is 1. The van der Waals surface area contributed by atoms with Crippen molar-refractivity contribution >= 4 is 29.4 Å². The van der Waals surface area contributed by atoms with Gasteiger partial charge in [0.2, 0.25) is 0 Å². The number of hydrogen-bond donors (Lipinski definition) is 2. The van der Waals surface area contributed by atoms with Crippen molar-refractivity contribution in [1.82, 2.24) is 24.7 Å². The second-order valence-corrected chi connectivity index (χ2v) is 9.97. The normalized spacial score (nSPS) is 20.8. The lowest BCUT2D eigenvalue weighted by molar-refractivity contribution is 0.132. The number of nitrogens with zero attached hydrogens (tertiary/aromatic N) is 7. The minimum atomic E-state index is -0.855. The van der Waals surface area contributed by atoms with Crippen LogP contribution in [0.3, 0.4) is 0 Å². The Balaban J connectivity index is 1.27. The van der Waals surface area contributed by atoms with E-state index in [0.717, 1.165) is 51.0 Å². The van der Waals surface area contributed by atoms with Gasteiger partial charge in [-0.05, 0) is 49.3 Å². The molecule has 0 aliphatic carbocycles. The maximum absolute atomic E-state index is 12.5. The van der Waals surface area contributed by atoms with Crippen LogP contribution < -0.4 is 10.2 Å². The molecule has 0 unspecified atom stereocenters. The average Bonchev–Trinajstić information content (AvgIpc) is 3.27. The highest BCUT2D eigenvalue weighted by Crippen LogP contribution is 2.30. The van der Waals surface area contributed by atoms with E-state index in [1.165, 1.54) is 10.5 Å². The Hall–Kier alpha value is -4.07. The second-order valence-electron chi connectivity index (χ2n) is 9.97. The molecule has 5 rings (SSSR count). The number of amides is 3. The van der Waals surface area contributed by atoms with Gasteiger partial charge in [-0.2, -0.15) is 5.26 Å². The van der Waals surface area contributed by atoms with Crippen LogP contribution >= 0.6 is 0 Å². The Labute approximate surface area is 216 Å². The highest BCUT2D eigenvalue weighted by atomic mass is 16.4. The molecule has 1 aromatic carbocycles. The molecule has 0 bridgehead atoms. The van der Waals surface area contributed by atoms with E-state index in [9.17, 15) is 14.9 Å².